The van der Waals surface area contributed by atoms with Gasteiger partial charge in [-0.2, -0.15) is 18.3 Å². The average molecular weight is 565 g/mol. The molecular weight excluding hydrogens is 540 g/mol. The van der Waals surface area contributed by atoms with Crippen LogP contribution in [0.25, 0.3) is 38.0 Å². The molecule has 0 spiro atoms. The molecule has 0 aliphatic rings. The Morgan fingerprint density at radius 2 is 1.65 bits per heavy atom. The Balaban J connectivity index is 1.60. The number of halogens is 4. The van der Waals surface area contributed by atoms with E-state index in [1.54, 1.807) is 41.9 Å². The zero-order valence-corrected chi connectivity index (χ0v) is 22.6. The Kier molecular flexibility index (Phi) is 7.29. The van der Waals surface area contributed by atoms with Crippen molar-refractivity contribution in [3.8, 4) is 38.0 Å². The number of amides is 1. The minimum absolute atomic E-state index is 0.0265. The Morgan fingerprint density at radius 1 is 0.975 bits per heavy atom. The number of hydrogen-bond acceptors (Lipinski definition) is 4. The van der Waals surface area contributed by atoms with E-state index in [1.807, 2.05) is 31.2 Å². The van der Waals surface area contributed by atoms with Gasteiger partial charge in [0.2, 0.25) is 11.0 Å². The molecule has 10 heteroatoms. The topological polar surface area (TPSA) is 51.0 Å². The van der Waals surface area contributed by atoms with E-state index in [2.05, 4.69) is 5.10 Å². The summed E-state index contributed by atoms with van der Waals surface area (Å²) in [5, 5.41) is 5.09. The van der Waals surface area contributed by atoms with E-state index in [0.717, 1.165) is 33.8 Å². The van der Waals surface area contributed by atoms with Gasteiger partial charge in [0, 0.05) is 36.5 Å². The molecule has 0 saturated heterocycles. The molecule has 5 aromatic rings. The maximum atomic E-state index is 13.9. The van der Waals surface area contributed by atoms with Crippen molar-refractivity contribution < 1.29 is 22.4 Å². The van der Waals surface area contributed by atoms with Crippen molar-refractivity contribution >= 4 is 22.9 Å². The third kappa shape index (κ3) is 5.40. The number of carbonyl (C=O) groups excluding carboxylic acids is 1. The molecule has 2 aromatic heterocycles. The van der Waals surface area contributed by atoms with Crippen LogP contribution in [0.2, 0.25) is 0 Å². The molecule has 40 heavy (non-hydrogen) atoms. The first kappa shape index (κ1) is 27.3. The molecule has 0 N–H and O–H groups in total. The molecule has 3 aromatic carbocycles. The molecule has 2 heterocycles. The highest BCUT2D eigenvalue weighted by molar-refractivity contribution is 7.18. The predicted molar refractivity (Wildman–Crippen MR) is 149 cm³/mol. The first-order chi connectivity index (χ1) is 19.0. The van der Waals surface area contributed by atoms with Gasteiger partial charge in [-0.05, 0) is 54.4 Å². The summed E-state index contributed by atoms with van der Waals surface area (Å²) in [6, 6.07) is 18.4. The molecule has 0 aliphatic heterocycles. The van der Waals surface area contributed by atoms with E-state index in [4.69, 9.17) is 4.98 Å². The van der Waals surface area contributed by atoms with Crippen LogP contribution in [0.3, 0.4) is 0 Å². The van der Waals surface area contributed by atoms with Gasteiger partial charge < -0.3 is 4.90 Å². The largest absolute Gasteiger partial charge is 0.416 e. The van der Waals surface area contributed by atoms with E-state index >= 15 is 0 Å². The van der Waals surface area contributed by atoms with Gasteiger partial charge in [0.1, 0.15) is 5.82 Å². The summed E-state index contributed by atoms with van der Waals surface area (Å²) < 4.78 is 55.1. The fraction of sp³-hybridized carbons (Fsp3) is 0.167. The number of hydrogen-bond donors (Lipinski definition) is 0. The van der Waals surface area contributed by atoms with Gasteiger partial charge in [0.05, 0.1) is 21.8 Å². The molecule has 0 bridgehead atoms. The van der Waals surface area contributed by atoms with Crippen molar-refractivity contribution in [3.63, 3.8) is 0 Å². The molecule has 0 atom stereocenters. The second kappa shape index (κ2) is 10.7. The van der Waals surface area contributed by atoms with E-state index in [9.17, 15) is 22.4 Å². The number of carbonyl (C=O) groups is 1. The van der Waals surface area contributed by atoms with Crippen LogP contribution in [0.4, 0.5) is 23.2 Å². The monoisotopic (exact) mass is 564 g/mol. The first-order valence-electron chi connectivity index (χ1n) is 12.4. The summed E-state index contributed by atoms with van der Waals surface area (Å²) in [6.07, 6.45) is -2.32. The number of rotatable bonds is 6. The van der Waals surface area contributed by atoms with Crippen molar-refractivity contribution in [2.24, 2.45) is 0 Å². The zero-order chi connectivity index (χ0) is 28.6. The van der Waals surface area contributed by atoms with Crippen LogP contribution in [-0.2, 0) is 11.0 Å². The lowest BCUT2D eigenvalue weighted by molar-refractivity contribution is -0.137. The molecule has 5 rings (SSSR count). The Hall–Kier alpha value is -4.31. The first-order valence-corrected chi connectivity index (χ1v) is 13.2. The third-order valence-electron chi connectivity index (χ3n) is 6.53. The molecule has 204 valence electrons. The van der Waals surface area contributed by atoms with Gasteiger partial charge in [-0.1, -0.05) is 54.7 Å². The van der Waals surface area contributed by atoms with Crippen LogP contribution < -0.4 is 4.90 Å². The van der Waals surface area contributed by atoms with Crippen LogP contribution in [0.5, 0.6) is 0 Å². The van der Waals surface area contributed by atoms with Crippen molar-refractivity contribution in [1.82, 2.24) is 14.8 Å². The lowest BCUT2D eigenvalue weighted by Gasteiger charge is -2.16. The normalized spacial score (nSPS) is 11.6. The highest BCUT2D eigenvalue weighted by atomic mass is 32.1. The van der Waals surface area contributed by atoms with Gasteiger partial charge in [-0.15, -0.1) is 0 Å². The number of alkyl halides is 3. The number of thiazole rings is 1. The van der Waals surface area contributed by atoms with Crippen LogP contribution in [0.1, 0.15) is 24.6 Å². The minimum Gasteiger partial charge on any atom is -0.316 e. The standard InChI is InChI=1S/C30H24F4N4OS/c1-4-26(39)37(3)24-14-10-20(11-15-24)28-27(19-8-12-22(13-9-19)30(32,33)34)35-29(40-28)38-17-25(18(2)36-38)21-6-5-7-23(31)16-21/h5-17H,4H2,1-3H3. The van der Waals surface area contributed by atoms with Gasteiger partial charge >= 0.3 is 6.18 Å². The van der Waals surface area contributed by atoms with Gasteiger partial charge in [-0.25, -0.2) is 14.1 Å². The minimum atomic E-state index is -4.45. The molecule has 0 unspecified atom stereocenters. The van der Waals surface area contributed by atoms with E-state index in [0.29, 0.717) is 34.1 Å². The fourth-order valence-corrected chi connectivity index (χ4v) is 5.35. The Morgan fingerprint density at radius 3 is 2.27 bits per heavy atom. The van der Waals surface area contributed by atoms with Crippen molar-refractivity contribution in [1.29, 1.82) is 0 Å². The highest BCUT2D eigenvalue weighted by Gasteiger charge is 2.30. The van der Waals surface area contributed by atoms with Crippen molar-refractivity contribution in [2.75, 3.05) is 11.9 Å². The van der Waals surface area contributed by atoms with Crippen LogP contribution >= 0.6 is 11.3 Å². The molecule has 0 saturated carbocycles. The molecule has 1 amide bonds. The smallest absolute Gasteiger partial charge is 0.316 e. The second-order valence-electron chi connectivity index (χ2n) is 9.19. The predicted octanol–water partition coefficient (Wildman–Crippen LogP) is 8.17. The second-order valence-corrected chi connectivity index (χ2v) is 10.2. The maximum absolute atomic E-state index is 13.9. The highest BCUT2D eigenvalue weighted by Crippen LogP contribution is 2.40. The summed E-state index contributed by atoms with van der Waals surface area (Å²) in [5.41, 5.74) is 3.86. The molecular formula is C30H24F4N4OS. The number of nitrogens with zero attached hydrogens (tertiary/aromatic N) is 4. The van der Waals surface area contributed by atoms with Crippen LogP contribution in [0, 0.1) is 12.7 Å². The quantitative estimate of drug-likeness (QED) is 0.196. The van der Waals surface area contributed by atoms with Gasteiger partial charge in [-0.3, -0.25) is 4.79 Å². The van der Waals surface area contributed by atoms with E-state index in [1.165, 1.54) is 35.6 Å². The zero-order valence-electron chi connectivity index (χ0n) is 21.8. The van der Waals surface area contributed by atoms with Crippen molar-refractivity contribution in [2.45, 2.75) is 26.4 Å². The third-order valence-corrected chi connectivity index (χ3v) is 7.62. The summed E-state index contributed by atoms with van der Waals surface area (Å²) in [7, 11) is 1.70. The summed E-state index contributed by atoms with van der Waals surface area (Å²) >= 11 is 1.33. The summed E-state index contributed by atoms with van der Waals surface area (Å²) in [4.78, 5) is 19.2. The molecule has 0 fully saturated rings. The number of aryl methyl sites for hydroxylation is 1. The Bertz CT molecular complexity index is 1670. The Labute approximate surface area is 232 Å². The number of aromatic nitrogens is 3. The maximum Gasteiger partial charge on any atom is 0.416 e. The lowest BCUT2D eigenvalue weighted by Crippen LogP contribution is -2.24. The fourth-order valence-electron chi connectivity index (χ4n) is 4.33. The molecule has 0 radical (unpaired) electrons. The van der Waals surface area contributed by atoms with Crippen LogP contribution in [0.15, 0.2) is 79.0 Å². The van der Waals surface area contributed by atoms with Gasteiger partial charge in [0.25, 0.3) is 0 Å². The summed E-state index contributed by atoms with van der Waals surface area (Å²) in [5.74, 6) is -0.387. The lowest BCUT2D eigenvalue weighted by atomic mass is 10.0. The SMILES string of the molecule is CCC(=O)N(C)c1ccc(-c2sc(-n3cc(-c4cccc(F)c4)c(C)n3)nc2-c2ccc(C(F)(F)F)cc2)cc1. The number of benzene rings is 3. The van der Waals surface area contributed by atoms with Gasteiger partial charge in [0.15, 0.2) is 0 Å². The average Bonchev–Trinajstić information content (AvgIpc) is 3.56. The molecule has 0 aliphatic carbocycles. The number of anilines is 1. The summed E-state index contributed by atoms with van der Waals surface area (Å²) in [6.45, 7) is 3.61. The molecule has 5 nitrogen and oxygen atoms in total. The van der Waals surface area contributed by atoms with Crippen molar-refractivity contribution in [3.05, 3.63) is 96.1 Å². The van der Waals surface area contributed by atoms with E-state index in [-0.39, 0.29) is 11.7 Å². The van der Waals surface area contributed by atoms with E-state index < -0.39 is 11.7 Å². The van der Waals surface area contributed by atoms with Crippen LogP contribution in [-0.4, -0.2) is 27.7 Å².